The molecule has 1 aliphatic rings. The zero-order valence-electron chi connectivity index (χ0n) is 19.7. The zero-order valence-corrected chi connectivity index (χ0v) is 19.7. The number of hydrogen-bond donors (Lipinski definition) is 1. The number of anilines is 3. The highest BCUT2D eigenvalue weighted by Gasteiger charge is 2.21. The summed E-state index contributed by atoms with van der Waals surface area (Å²) < 4.78 is 19.1. The van der Waals surface area contributed by atoms with Crippen molar-refractivity contribution in [1.82, 2.24) is 15.3 Å². The third-order valence-corrected chi connectivity index (χ3v) is 6.22. The van der Waals surface area contributed by atoms with E-state index in [0.29, 0.717) is 22.6 Å². The van der Waals surface area contributed by atoms with Crippen molar-refractivity contribution in [3.8, 4) is 5.75 Å². The molecule has 35 heavy (non-hydrogen) atoms. The minimum absolute atomic E-state index is 0.0496. The van der Waals surface area contributed by atoms with Gasteiger partial charge in [-0.3, -0.25) is 4.79 Å². The maximum atomic E-state index is 13.4. The number of nitrogens with one attached hydrogen (secondary N) is 1. The second kappa shape index (κ2) is 9.68. The summed E-state index contributed by atoms with van der Waals surface area (Å²) in [7, 11) is 3.54. The first-order chi connectivity index (χ1) is 17.0. The number of methoxy groups -OCH3 is 1. The molecule has 1 N–H and O–H groups in total. The predicted octanol–water partition coefficient (Wildman–Crippen LogP) is 4.19. The molecule has 0 saturated carbocycles. The van der Waals surface area contributed by atoms with Crippen molar-refractivity contribution in [2.24, 2.45) is 0 Å². The van der Waals surface area contributed by atoms with Gasteiger partial charge in [-0.1, -0.05) is 12.1 Å². The van der Waals surface area contributed by atoms with Crippen LogP contribution >= 0.6 is 0 Å². The number of piperazine rings is 1. The molecule has 1 aliphatic heterocycles. The average Bonchev–Trinajstić information content (AvgIpc) is 2.92. The van der Waals surface area contributed by atoms with Gasteiger partial charge in [-0.15, -0.1) is 0 Å². The number of nitrogens with zero attached hydrogens (tertiary/aromatic N) is 4. The number of benzene rings is 3. The van der Waals surface area contributed by atoms with E-state index in [4.69, 9.17) is 4.74 Å². The van der Waals surface area contributed by atoms with Gasteiger partial charge < -0.3 is 19.9 Å². The van der Waals surface area contributed by atoms with E-state index >= 15 is 0 Å². The Morgan fingerprint density at radius 1 is 1.03 bits per heavy atom. The molecule has 8 heteroatoms. The highest BCUT2D eigenvalue weighted by atomic mass is 19.1. The van der Waals surface area contributed by atoms with Gasteiger partial charge in [0.2, 0.25) is 11.6 Å². The maximum Gasteiger partial charge on any atom is 0.230 e. The molecular formula is C27H26FN5O2. The van der Waals surface area contributed by atoms with Gasteiger partial charge in [-0.25, -0.2) is 14.4 Å². The van der Waals surface area contributed by atoms with Crippen LogP contribution in [0.1, 0.15) is 16.2 Å². The first kappa shape index (κ1) is 22.7. The molecule has 0 atom stereocenters. The van der Waals surface area contributed by atoms with Gasteiger partial charge in [0.1, 0.15) is 17.4 Å². The van der Waals surface area contributed by atoms with Crippen molar-refractivity contribution in [3.63, 3.8) is 0 Å². The molecule has 0 unspecified atom stereocenters. The average molecular weight is 472 g/mol. The molecule has 1 aromatic heterocycles. The van der Waals surface area contributed by atoms with E-state index in [1.165, 1.54) is 24.3 Å². The second-order valence-corrected chi connectivity index (χ2v) is 8.38. The lowest BCUT2D eigenvalue weighted by Crippen LogP contribution is -2.43. The van der Waals surface area contributed by atoms with Crippen LogP contribution in [0.4, 0.5) is 21.6 Å². The number of ether oxygens (including phenoxy) is 1. The third kappa shape index (κ3) is 4.52. The van der Waals surface area contributed by atoms with E-state index in [0.717, 1.165) is 42.9 Å². The van der Waals surface area contributed by atoms with Crippen molar-refractivity contribution in [2.45, 2.75) is 0 Å². The van der Waals surface area contributed by atoms with Crippen molar-refractivity contribution >= 4 is 33.9 Å². The largest absolute Gasteiger partial charge is 0.494 e. The molecule has 1 saturated heterocycles. The van der Waals surface area contributed by atoms with Crippen LogP contribution in [0.3, 0.4) is 0 Å². The number of aromatic nitrogens is 2. The molecule has 7 nitrogen and oxygen atoms in total. The molecule has 0 spiro atoms. The van der Waals surface area contributed by atoms with E-state index in [1.54, 1.807) is 7.11 Å². The number of para-hydroxylation sites is 1. The van der Waals surface area contributed by atoms with E-state index in [1.807, 2.05) is 48.3 Å². The Hall–Kier alpha value is -4.04. The summed E-state index contributed by atoms with van der Waals surface area (Å²) in [6.07, 6.45) is 0. The van der Waals surface area contributed by atoms with Gasteiger partial charge in [0.25, 0.3) is 0 Å². The quantitative estimate of drug-likeness (QED) is 0.423. The Morgan fingerprint density at radius 2 is 1.77 bits per heavy atom. The Labute approximate surface area is 203 Å². The van der Waals surface area contributed by atoms with Crippen LogP contribution in [-0.4, -0.2) is 56.1 Å². The van der Waals surface area contributed by atoms with Gasteiger partial charge in [0, 0.05) is 55.9 Å². The normalized spacial score (nSPS) is 13.6. The Balaban J connectivity index is 1.57. The van der Waals surface area contributed by atoms with Crippen molar-refractivity contribution in [2.75, 3.05) is 50.1 Å². The van der Waals surface area contributed by atoms with Gasteiger partial charge in [-0.05, 0) is 48.5 Å². The van der Waals surface area contributed by atoms with Crippen LogP contribution < -0.4 is 19.9 Å². The second-order valence-electron chi connectivity index (χ2n) is 8.38. The predicted molar refractivity (Wildman–Crippen MR) is 136 cm³/mol. The molecule has 0 aliphatic carbocycles. The zero-order chi connectivity index (χ0) is 24.4. The number of fused-ring (bicyclic) bond motifs is 1. The molecule has 0 bridgehead atoms. The van der Waals surface area contributed by atoms with Gasteiger partial charge in [0.05, 0.1) is 18.3 Å². The number of ketones is 1. The van der Waals surface area contributed by atoms with Crippen LogP contribution in [0.15, 0.2) is 66.7 Å². The van der Waals surface area contributed by atoms with E-state index < -0.39 is 5.82 Å². The number of carbonyl (C=O) groups excluding carboxylic acids is 1. The summed E-state index contributed by atoms with van der Waals surface area (Å²) in [5, 5.41) is 4.17. The summed E-state index contributed by atoms with van der Waals surface area (Å²) in [5.41, 5.74) is 2.88. The van der Waals surface area contributed by atoms with E-state index in [-0.39, 0.29) is 11.6 Å². The van der Waals surface area contributed by atoms with Crippen LogP contribution in [-0.2, 0) is 0 Å². The monoisotopic (exact) mass is 471 g/mol. The number of carbonyl (C=O) groups is 1. The molecule has 178 valence electrons. The standard InChI is InChI=1S/C27H26FN5O2/c1-32(23-12-11-20(17-24(23)35-2)33-15-13-29-14-16-33)27-21-5-3-4-6-22(21)30-26(31-27)25(34)18-7-9-19(28)10-8-18/h3-12,17,29H,13-16H2,1-2H3. The highest BCUT2D eigenvalue weighted by Crippen LogP contribution is 2.37. The van der Waals surface area contributed by atoms with Crippen molar-refractivity contribution in [1.29, 1.82) is 0 Å². The molecular weight excluding hydrogens is 445 g/mol. The van der Waals surface area contributed by atoms with Crippen molar-refractivity contribution in [3.05, 3.63) is 83.9 Å². The highest BCUT2D eigenvalue weighted by molar-refractivity contribution is 6.08. The Kier molecular flexibility index (Phi) is 6.29. The summed E-state index contributed by atoms with van der Waals surface area (Å²) >= 11 is 0. The van der Waals surface area contributed by atoms with E-state index in [9.17, 15) is 9.18 Å². The molecule has 2 heterocycles. The smallest absolute Gasteiger partial charge is 0.230 e. The number of rotatable bonds is 6. The lowest BCUT2D eigenvalue weighted by molar-refractivity contribution is 0.103. The summed E-state index contributed by atoms with van der Waals surface area (Å²) in [4.78, 5) is 26.5. The summed E-state index contributed by atoms with van der Waals surface area (Å²) in [6, 6.07) is 19.1. The number of halogens is 1. The molecule has 3 aromatic carbocycles. The summed E-state index contributed by atoms with van der Waals surface area (Å²) in [5.74, 6) is 0.560. The molecule has 5 rings (SSSR count). The molecule has 0 amide bonds. The van der Waals surface area contributed by atoms with Gasteiger partial charge in [0.15, 0.2) is 0 Å². The SMILES string of the molecule is COc1cc(N2CCNCC2)ccc1N(C)c1nc(C(=O)c2ccc(F)cc2)nc2ccccc12. The molecule has 4 aromatic rings. The lowest BCUT2D eigenvalue weighted by Gasteiger charge is -2.30. The fourth-order valence-corrected chi connectivity index (χ4v) is 4.32. The van der Waals surface area contributed by atoms with Crippen molar-refractivity contribution < 1.29 is 13.9 Å². The van der Waals surface area contributed by atoms with Crippen LogP contribution in [0.2, 0.25) is 0 Å². The minimum atomic E-state index is -0.405. The Bertz CT molecular complexity index is 1370. The fourth-order valence-electron chi connectivity index (χ4n) is 4.32. The van der Waals surface area contributed by atoms with E-state index in [2.05, 4.69) is 26.3 Å². The summed E-state index contributed by atoms with van der Waals surface area (Å²) in [6.45, 7) is 3.76. The van der Waals surface area contributed by atoms with Crippen LogP contribution in [0.5, 0.6) is 5.75 Å². The lowest BCUT2D eigenvalue weighted by atomic mass is 10.1. The van der Waals surface area contributed by atoms with Gasteiger partial charge in [-0.2, -0.15) is 0 Å². The molecule has 1 fully saturated rings. The minimum Gasteiger partial charge on any atom is -0.494 e. The fraction of sp³-hybridized carbons (Fsp3) is 0.222. The topological polar surface area (TPSA) is 70.6 Å². The van der Waals surface area contributed by atoms with Crippen LogP contribution in [0.25, 0.3) is 10.9 Å². The maximum absolute atomic E-state index is 13.4. The molecule has 0 radical (unpaired) electrons. The van der Waals surface area contributed by atoms with Crippen LogP contribution in [0, 0.1) is 5.82 Å². The van der Waals surface area contributed by atoms with Gasteiger partial charge >= 0.3 is 0 Å². The first-order valence-electron chi connectivity index (χ1n) is 11.5. The first-order valence-corrected chi connectivity index (χ1v) is 11.5. The Morgan fingerprint density at radius 3 is 2.51 bits per heavy atom. The number of hydrogen-bond acceptors (Lipinski definition) is 7. The third-order valence-electron chi connectivity index (χ3n) is 6.22.